The number of rotatable bonds is 3. The van der Waals surface area contributed by atoms with Gasteiger partial charge in [-0.3, -0.25) is 4.79 Å². The normalized spacial score (nSPS) is 15.4. The largest absolute Gasteiger partial charge is 0.481 e. The number of aliphatic carboxylic acids is 1. The summed E-state index contributed by atoms with van der Waals surface area (Å²) in [6.45, 7) is 0. The van der Waals surface area contributed by atoms with Crippen LogP contribution in [0.25, 0.3) is 10.9 Å². The second-order valence-electron chi connectivity index (χ2n) is 4.50. The summed E-state index contributed by atoms with van der Waals surface area (Å²) in [5.74, 6) is -1.26. The molecule has 1 saturated carbocycles. The van der Waals surface area contributed by atoms with Crippen LogP contribution in [0.4, 0.5) is 4.39 Å². The van der Waals surface area contributed by atoms with Gasteiger partial charge < -0.3 is 9.67 Å². The summed E-state index contributed by atoms with van der Waals surface area (Å²) < 4.78 is 15.8. The van der Waals surface area contributed by atoms with Gasteiger partial charge in [-0.15, -0.1) is 0 Å². The Morgan fingerprint density at radius 2 is 2.24 bits per heavy atom. The zero-order valence-electron chi connectivity index (χ0n) is 9.19. The quantitative estimate of drug-likeness (QED) is 0.885. The molecular weight excluding hydrogens is 221 g/mol. The zero-order valence-corrected chi connectivity index (χ0v) is 9.19. The highest BCUT2D eigenvalue weighted by Crippen LogP contribution is 2.39. The summed E-state index contributed by atoms with van der Waals surface area (Å²) in [6.07, 6.45) is 3.84. The van der Waals surface area contributed by atoms with E-state index in [0.717, 1.165) is 18.4 Å². The lowest BCUT2D eigenvalue weighted by atomic mass is 10.1. The standard InChI is InChI=1S/C13H12FNO2/c14-10-2-1-3-11-13(10)8(6-12(16)17)7-15(11)9-4-5-9/h1-3,7,9H,4-6H2,(H,16,17). The number of hydrogen-bond donors (Lipinski definition) is 1. The van der Waals surface area contributed by atoms with E-state index >= 15 is 0 Å². The first-order chi connectivity index (χ1) is 8.16. The van der Waals surface area contributed by atoms with Gasteiger partial charge in [-0.05, 0) is 30.5 Å². The highest BCUT2D eigenvalue weighted by Gasteiger charge is 2.26. The smallest absolute Gasteiger partial charge is 0.307 e. The molecule has 1 heterocycles. The van der Waals surface area contributed by atoms with Crippen molar-refractivity contribution < 1.29 is 14.3 Å². The van der Waals surface area contributed by atoms with Crippen molar-refractivity contribution in [1.82, 2.24) is 4.57 Å². The number of benzene rings is 1. The van der Waals surface area contributed by atoms with Crippen molar-refractivity contribution in [2.24, 2.45) is 0 Å². The highest BCUT2D eigenvalue weighted by atomic mass is 19.1. The maximum Gasteiger partial charge on any atom is 0.307 e. The van der Waals surface area contributed by atoms with Crippen LogP contribution in [0.5, 0.6) is 0 Å². The summed E-state index contributed by atoms with van der Waals surface area (Å²) in [6, 6.07) is 5.32. The molecule has 0 atom stereocenters. The van der Waals surface area contributed by atoms with E-state index < -0.39 is 5.97 Å². The van der Waals surface area contributed by atoms with Crippen LogP contribution in [-0.4, -0.2) is 15.6 Å². The molecule has 0 saturated heterocycles. The monoisotopic (exact) mass is 233 g/mol. The van der Waals surface area contributed by atoms with Gasteiger partial charge in [-0.2, -0.15) is 0 Å². The topological polar surface area (TPSA) is 42.2 Å². The van der Waals surface area contributed by atoms with E-state index in [1.165, 1.54) is 6.07 Å². The third-order valence-corrected chi connectivity index (χ3v) is 3.17. The average molecular weight is 233 g/mol. The Kier molecular flexibility index (Phi) is 2.18. The van der Waals surface area contributed by atoms with E-state index in [2.05, 4.69) is 0 Å². The molecule has 1 aromatic carbocycles. The Morgan fingerprint density at radius 1 is 1.47 bits per heavy atom. The SMILES string of the molecule is O=C(O)Cc1cn(C2CC2)c2cccc(F)c12. The van der Waals surface area contributed by atoms with Gasteiger partial charge in [-0.1, -0.05) is 6.07 Å². The number of carboxylic acids is 1. The maximum atomic E-state index is 13.8. The first-order valence-electron chi connectivity index (χ1n) is 5.66. The van der Waals surface area contributed by atoms with Crippen LogP contribution in [-0.2, 0) is 11.2 Å². The highest BCUT2D eigenvalue weighted by molar-refractivity contribution is 5.88. The molecule has 1 fully saturated rings. The van der Waals surface area contributed by atoms with E-state index in [1.54, 1.807) is 12.3 Å². The minimum atomic E-state index is -0.928. The summed E-state index contributed by atoms with van der Waals surface area (Å²) in [4.78, 5) is 10.8. The molecule has 88 valence electrons. The van der Waals surface area contributed by atoms with E-state index in [1.807, 2.05) is 10.6 Å². The number of fused-ring (bicyclic) bond motifs is 1. The summed E-state index contributed by atoms with van der Waals surface area (Å²) >= 11 is 0. The first-order valence-corrected chi connectivity index (χ1v) is 5.66. The molecule has 0 amide bonds. The van der Waals surface area contributed by atoms with Crippen molar-refractivity contribution >= 4 is 16.9 Å². The van der Waals surface area contributed by atoms with Crippen molar-refractivity contribution in [1.29, 1.82) is 0 Å². The predicted octanol–water partition coefficient (Wildman–Crippen LogP) is 2.74. The van der Waals surface area contributed by atoms with Crippen LogP contribution in [0.2, 0.25) is 0 Å². The molecule has 0 spiro atoms. The molecule has 17 heavy (non-hydrogen) atoms. The van der Waals surface area contributed by atoms with Crippen LogP contribution in [0.3, 0.4) is 0 Å². The van der Waals surface area contributed by atoms with Gasteiger partial charge in [0.25, 0.3) is 0 Å². The minimum Gasteiger partial charge on any atom is -0.481 e. The lowest BCUT2D eigenvalue weighted by Gasteiger charge is -2.01. The first kappa shape index (κ1) is 10.3. The van der Waals surface area contributed by atoms with Gasteiger partial charge in [0.2, 0.25) is 0 Å². The molecule has 0 radical (unpaired) electrons. The summed E-state index contributed by atoms with van der Waals surface area (Å²) in [7, 11) is 0. The Morgan fingerprint density at radius 3 is 2.88 bits per heavy atom. The average Bonchev–Trinajstić information content (AvgIpc) is 3.03. The van der Waals surface area contributed by atoms with Crippen molar-refractivity contribution in [2.75, 3.05) is 0 Å². The Hall–Kier alpha value is -1.84. The lowest BCUT2D eigenvalue weighted by Crippen LogP contribution is -1.99. The van der Waals surface area contributed by atoms with Gasteiger partial charge in [-0.25, -0.2) is 4.39 Å². The van der Waals surface area contributed by atoms with Gasteiger partial charge in [0.05, 0.1) is 11.9 Å². The predicted molar refractivity (Wildman–Crippen MR) is 61.5 cm³/mol. The number of carboxylic acid groups (broad SMARTS) is 1. The number of hydrogen-bond acceptors (Lipinski definition) is 1. The molecule has 2 aromatic rings. The molecule has 3 rings (SSSR count). The number of nitrogens with zero attached hydrogens (tertiary/aromatic N) is 1. The van der Waals surface area contributed by atoms with E-state index in [9.17, 15) is 9.18 Å². The van der Waals surface area contributed by atoms with Gasteiger partial charge >= 0.3 is 5.97 Å². The van der Waals surface area contributed by atoms with Gasteiger partial charge in [0.1, 0.15) is 5.82 Å². The third-order valence-electron chi connectivity index (χ3n) is 3.17. The van der Waals surface area contributed by atoms with Crippen LogP contribution >= 0.6 is 0 Å². The van der Waals surface area contributed by atoms with Crippen molar-refractivity contribution in [3.8, 4) is 0 Å². The summed E-state index contributed by atoms with van der Waals surface area (Å²) in [5.41, 5.74) is 1.38. The molecule has 0 aliphatic heterocycles. The van der Waals surface area contributed by atoms with Crippen molar-refractivity contribution in [3.05, 3.63) is 35.8 Å². The molecule has 1 aliphatic carbocycles. The fourth-order valence-electron chi connectivity index (χ4n) is 2.30. The van der Waals surface area contributed by atoms with Crippen molar-refractivity contribution in [3.63, 3.8) is 0 Å². The number of carbonyl (C=O) groups is 1. The minimum absolute atomic E-state index is 0.128. The van der Waals surface area contributed by atoms with Crippen LogP contribution < -0.4 is 0 Å². The van der Waals surface area contributed by atoms with E-state index in [4.69, 9.17) is 5.11 Å². The van der Waals surface area contributed by atoms with Gasteiger partial charge in [0.15, 0.2) is 0 Å². The second kappa shape index (κ2) is 3.58. The second-order valence-corrected chi connectivity index (χ2v) is 4.50. The number of halogens is 1. The molecule has 1 aromatic heterocycles. The van der Waals surface area contributed by atoms with Gasteiger partial charge in [0, 0.05) is 17.6 Å². The van der Waals surface area contributed by atoms with Crippen LogP contribution in [0.1, 0.15) is 24.4 Å². The van der Waals surface area contributed by atoms with Crippen LogP contribution in [0, 0.1) is 5.82 Å². The van der Waals surface area contributed by atoms with Crippen molar-refractivity contribution in [2.45, 2.75) is 25.3 Å². The summed E-state index contributed by atoms with van der Waals surface area (Å²) in [5, 5.41) is 9.31. The molecule has 0 bridgehead atoms. The maximum absolute atomic E-state index is 13.8. The molecule has 1 aliphatic rings. The fraction of sp³-hybridized carbons (Fsp3) is 0.308. The Labute approximate surface area is 97.5 Å². The molecule has 4 heteroatoms. The molecule has 3 nitrogen and oxygen atoms in total. The van der Waals surface area contributed by atoms with Crippen LogP contribution in [0.15, 0.2) is 24.4 Å². The van der Waals surface area contributed by atoms with E-state index in [-0.39, 0.29) is 12.2 Å². The van der Waals surface area contributed by atoms with E-state index in [0.29, 0.717) is 17.0 Å². The molecule has 1 N–H and O–H groups in total. The lowest BCUT2D eigenvalue weighted by molar-refractivity contribution is -0.136. The zero-order chi connectivity index (χ0) is 12.0. The third kappa shape index (κ3) is 1.69. The Bertz CT molecular complexity index is 599. The fourth-order valence-corrected chi connectivity index (χ4v) is 2.30. The Balaban J connectivity index is 2.23. The molecular formula is C13H12FNO2. The molecule has 0 unspecified atom stereocenters. The number of aromatic nitrogens is 1.